The molecule has 0 spiro atoms. The van der Waals surface area contributed by atoms with Gasteiger partial charge in [-0.2, -0.15) is 0 Å². The first-order chi connectivity index (χ1) is 10.3. The van der Waals surface area contributed by atoms with Crippen LogP contribution in [0.5, 0.6) is 0 Å². The average Bonchev–Trinajstić information content (AvgIpc) is 2.54. The summed E-state index contributed by atoms with van der Waals surface area (Å²) in [6.07, 6.45) is 8.15. The lowest BCUT2D eigenvalue weighted by Crippen LogP contribution is -1.97. The summed E-state index contributed by atoms with van der Waals surface area (Å²) < 4.78 is 0. The van der Waals surface area contributed by atoms with Crippen molar-refractivity contribution in [2.45, 2.75) is 38.7 Å². The van der Waals surface area contributed by atoms with Gasteiger partial charge in [-0.3, -0.25) is 0 Å². The molecule has 2 aromatic carbocycles. The van der Waals surface area contributed by atoms with E-state index < -0.39 is 0 Å². The molecule has 21 heavy (non-hydrogen) atoms. The number of unbranched alkanes of at least 4 members (excludes halogenated alkanes) is 2. The first-order valence-electron chi connectivity index (χ1n) is 7.80. The second kappa shape index (κ2) is 8.43. The van der Waals surface area contributed by atoms with Crippen LogP contribution >= 0.6 is 0 Å². The Morgan fingerprint density at radius 3 is 2.38 bits per heavy atom. The van der Waals surface area contributed by atoms with E-state index in [9.17, 15) is 5.11 Å². The summed E-state index contributed by atoms with van der Waals surface area (Å²) in [5, 5.41) is 10.2. The summed E-state index contributed by atoms with van der Waals surface area (Å²) in [7, 11) is 0. The Morgan fingerprint density at radius 2 is 1.62 bits per heavy atom. The molecular weight excluding hydrogens is 256 g/mol. The summed E-state index contributed by atoms with van der Waals surface area (Å²) >= 11 is 0. The van der Waals surface area contributed by atoms with E-state index in [0.717, 1.165) is 24.0 Å². The average molecular weight is 280 g/mol. The molecule has 0 aromatic heterocycles. The molecule has 2 aromatic rings. The fourth-order valence-electron chi connectivity index (χ4n) is 2.38. The van der Waals surface area contributed by atoms with E-state index in [0.29, 0.717) is 0 Å². The van der Waals surface area contributed by atoms with Crippen molar-refractivity contribution in [2.24, 2.45) is 0 Å². The summed E-state index contributed by atoms with van der Waals surface area (Å²) in [4.78, 5) is 0. The molecule has 0 saturated heterocycles. The van der Waals surface area contributed by atoms with Crippen molar-refractivity contribution in [2.75, 3.05) is 0 Å². The van der Waals surface area contributed by atoms with Gasteiger partial charge in [0.05, 0.1) is 6.10 Å². The van der Waals surface area contributed by atoms with Crippen molar-refractivity contribution in [3.63, 3.8) is 0 Å². The fraction of sp³-hybridized carbons (Fsp3) is 0.300. The zero-order chi connectivity index (χ0) is 14.9. The lowest BCUT2D eigenvalue weighted by Gasteiger charge is -2.11. The molecule has 0 bridgehead atoms. The quantitative estimate of drug-likeness (QED) is 0.526. The topological polar surface area (TPSA) is 20.2 Å². The molecule has 0 aliphatic heterocycles. The molecule has 1 unspecified atom stereocenters. The molecule has 0 fully saturated rings. The third-order valence-electron chi connectivity index (χ3n) is 3.64. The number of aliphatic hydroxyl groups excluding tert-OH is 1. The van der Waals surface area contributed by atoms with Gasteiger partial charge in [-0.1, -0.05) is 86.9 Å². The van der Waals surface area contributed by atoms with Crippen molar-refractivity contribution in [3.8, 4) is 0 Å². The minimum atomic E-state index is -0.346. The molecule has 1 heteroatoms. The second-order valence-corrected chi connectivity index (χ2v) is 5.43. The normalized spacial score (nSPS) is 12.7. The van der Waals surface area contributed by atoms with Crippen molar-refractivity contribution in [1.29, 1.82) is 0 Å². The Balaban J connectivity index is 2.02. The van der Waals surface area contributed by atoms with E-state index in [1.165, 1.54) is 18.4 Å². The van der Waals surface area contributed by atoms with Crippen LogP contribution in [0.2, 0.25) is 0 Å². The van der Waals surface area contributed by atoms with Gasteiger partial charge in [0.2, 0.25) is 0 Å². The summed E-state index contributed by atoms with van der Waals surface area (Å²) in [6, 6.07) is 18.4. The van der Waals surface area contributed by atoms with E-state index in [4.69, 9.17) is 0 Å². The van der Waals surface area contributed by atoms with Crippen LogP contribution in [0, 0.1) is 0 Å². The van der Waals surface area contributed by atoms with E-state index in [1.54, 1.807) is 0 Å². The smallest absolute Gasteiger partial charge is 0.0790 e. The standard InChI is InChI=1S/C20H24O/c1-2-3-5-13-20(21)19-12-8-11-18(16-19)15-14-17-9-6-4-7-10-17/h4,6-12,14-16,20-21H,2-3,5,13H2,1H3. The predicted octanol–water partition coefficient (Wildman–Crippen LogP) is 5.47. The maximum absolute atomic E-state index is 10.2. The number of hydrogen-bond acceptors (Lipinski definition) is 1. The molecule has 0 aliphatic carbocycles. The Labute approximate surface area is 128 Å². The third-order valence-corrected chi connectivity index (χ3v) is 3.64. The van der Waals surface area contributed by atoms with Crippen LogP contribution in [0.1, 0.15) is 55.4 Å². The molecule has 2 rings (SSSR count). The van der Waals surface area contributed by atoms with Crippen LogP contribution < -0.4 is 0 Å². The number of benzene rings is 2. The molecular formula is C20H24O. The highest BCUT2D eigenvalue weighted by molar-refractivity contribution is 5.69. The van der Waals surface area contributed by atoms with Crippen molar-refractivity contribution < 1.29 is 5.11 Å². The summed E-state index contributed by atoms with van der Waals surface area (Å²) in [6.45, 7) is 2.18. The van der Waals surface area contributed by atoms with Crippen LogP contribution in [0.3, 0.4) is 0 Å². The highest BCUT2D eigenvalue weighted by atomic mass is 16.3. The fourth-order valence-corrected chi connectivity index (χ4v) is 2.38. The molecule has 110 valence electrons. The minimum absolute atomic E-state index is 0.346. The van der Waals surface area contributed by atoms with Gasteiger partial charge in [-0.25, -0.2) is 0 Å². The lowest BCUT2D eigenvalue weighted by atomic mass is 10.0. The van der Waals surface area contributed by atoms with Gasteiger partial charge in [-0.15, -0.1) is 0 Å². The zero-order valence-electron chi connectivity index (χ0n) is 12.7. The number of hydrogen-bond donors (Lipinski definition) is 1. The molecule has 1 N–H and O–H groups in total. The van der Waals surface area contributed by atoms with Crippen LogP contribution in [0.15, 0.2) is 54.6 Å². The Morgan fingerprint density at radius 1 is 0.905 bits per heavy atom. The maximum Gasteiger partial charge on any atom is 0.0790 e. The molecule has 0 saturated carbocycles. The summed E-state index contributed by atoms with van der Waals surface area (Å²) in [5.74, 6) is 0. The number of rotatable bonds is 7. The summed E-state index contributed by atoms with van der Waals surface area (Å²) in [5.41, 5.74) is 3.33. The first kappa shape index (κ1) is 15.5. The van der Waals surface area contributed by atoms with Gasteiger partial charge < -0.3 is 5.11 Å². The van der Waals surface area contributed by atoms with Gasteiger partial charge in [0.25, 0.3) is 0 Å². The van der Waals surface area contributed by atoms with Crippen molar-refractivity contribution in [3.05, 3.63) is 71.3 Å². The minimum Gasteiger partial charge on any atom is -0.388 e. The van der Waals surface area contributed by atoms with Crippen molar-refractivity contribution >= 4 is 12.2 Å². The molecule has 0 aliphatic rings. The molecule has 1 nitrogen and oxygen atoms in total. The van der Waals surface area contributed by atoms with Crippen LogP contribution in [0.25, 0.3) is 12.2 Å². The molecule has 0 radical (unpaired) electrons. The van der Waals surface area contributed by atoms with Gasteiger partial charge in [0.1, 0.15) is 0 Å². The van der Waals surface area contributed by atoms with Gasteiger partial charge in [0.15, 0.2) is 0 Å². The SMILES string of the molecule is CCCCCC(O)c1cccc(C=Cc2ccccc2)c1. The maximum atomic E-state index is 10.2. The molecule has 1 atom stereocenters. The zero-order valence-corrected chi connectivity index (χ0v) is 12.7. The van der Waals surface area contributed by atoms with E-state index in [2.05, 4.69) is 43.3 Å². The van der Waals surface area contributed by atoms with Crippen molar-refractivity contribution in [1.82, 2.24) is 0 Å². The van der Waals surface area contributed by atoms with Gasteiger partial charge in [-0.05, 0) is 29.2 Å². The molecule has 0 heterocycles. The van der Waals surface area contributed by atoms with Gasteiger partial charge >= 0.3 is 0 Å². The second-order valence-electron chi connectivity index (χ2n) is 5.43. The van der Waals surface area contributed by atoms with E-state index in [-0.39, 0.29) is 6.10 Å². The van der Waals surface area contributed by atoms with E-state index in [1.807, 2.05) is 30.3 Å². The first-order valence-corrected chi connectivity index (χ1v) is 7.80. The third kappa shape index (κ3) is 5.20. The molecule has 0 amide bonds. The highest BCUT2D eigenvalue weighted by Crippen LogP contribution is 2.21. The predicted molar refractivity (Wildman–Crippen MR) is 90.9 cm³/mol. The Hall–Kier alpha value is -1.86. The lowest BCUT2D eigenvalue weighted by molar-refractivity contribution is 0.163. The van der Waals surface area contributed by atoms with Gasteiger partial charge in [0, 0.05) is 0 Å². The van der Waals surface area contributed by atoms with E-state index >= 15 is 0 Å². The van der Waals surface area contributed by atoms with Crippen LogP contribution in [0.4, 0.5) is 0 Å². The highest BCUT2D eigenvalue weighted by Gasteiger charge is 2.06. The van der Waals surface area contributed by atoms with Crippen LogP contribution in [-0.2, 0) is 0 Å². The monoisotopic (exact) mass is 280 g/mol. The van der Waals surface area contributed by atoms with Crippen LogP contribution in [-0.4, -0.2) is 5.11 Å². The Kier molecular flexibility index (Phi) is 6.23. The largest absolute Gasteiger partial charge is 0.388 e. The number of aliphatic hydroxyl groups is 1. The Bertz CT molecular complexity index is 557.